The van der Waals surface area contributed by atoms with Gasteiger partial charge in [0.1, 0.15) is 24.1 Å². The molecule has 1 amide bonds. The number of unbranched alkanes of at least 4 members (excludes halogenated alkanes) is 2. The Bertz CT molecular complexity index is 813. The molecule has 0 heterocycles. The lowest BCUT2D eigenvalue weighted by molar-refractivity contribution is -0.147. The van der Waals surface area contributed by atoms with Crippen LogP contribution in [-0.2, 0) is 30.0 Å². The van der Waals surface area contributed by atoms with Crippen LogP contribution in [0.1, 0.15) is 72.8 Å². The normalized spacial score (nSPS) is 13.1. The Hall–Kier alpha value is -2.10. The third kappa shape index (κ3) is 14.4. The van der Waals surface area contributed by atoms with E-state index in [1.807, 2.05) is 45.0 Å². The molecule has 9 heteroatoms. The Morgan fingerprint density at radius 3 is 2.16 bits per heavy atom. The van der Waals surface area contributed by atoms with Crippen LogP contribution >= 0.6 is 0 Å². The fourth-order valence-electron chi connectivity index (χ4n) is 3.07. The topological polar surface area (TPSA) is 92.3 Å². The van der Waals surface area contributed by atoms with Gasteiger partial charge in [-0.2, -0.15) is 0 Å². The second-order valence-electron chi connectivity index (χ2n) is 11.8. The van der Waals surface area contributed by atoms with E-state index in [0.29, 0.717) is 32.6 Å². The number of hydrogen-bond donors (Lipinski definition) is 1. The van der Waals surface area contributed by atoms with Crippen molar-refractivity contribution in [3.8, 4) is 5.75 Å². The van der Waals surface area contributed by atoms with Gasteiger partial charge in [0.05, 0.1) is 20.3 Å². The molecule has 0 fully saturated rings. The van der Waals surface area contributed by atoms with Gasteiger partial charge in [0.25, 0.3) is 0 Å². The molecule has 1 N–H and O–H groups in total. The van der Waals surface area contributed by atoms with Gasteiger partial charge in [-0.1, -0.05) is 39.3 Å². The summed E-state index contributed by atoms with van der Waals surface area (Å²) >= 11 is 0. The van der Waals surface area contributed by atoms with Gasteiger partial charge in [-0.15, -0.1) is 0 Å². The molecule has 1 aromatic carbocycles. The summed E-state index contributed by atoms with van der Waals surface area (Å²) in [6.07, 6.45) is 1.83. The number of amides is 1. The summed E-state index contributed by atoms with van der Waals surface area (Å²) in [6.45, 7) is 17.8. The summed E-state index contributed by atoms with van der Waals surface area (Å²) in [4.78, 5) is 24.0. The van der Waals surface area contributed by atoms with Crippen molar-refractivity contribution in [2.45, 2.75) is 104 Å². The van der Waals surface area contributed by atoms with Gasteiger partial charge in [0.15, 0.2) is 8.32 Å². The molecule has 0 aliphatic heterocycles. The number of alkyl carbamates (subject to hydrolysis) is 1. The number of rotatable bonds is 15. The van der Waals surface area contributed by atoms with E-state index in [1.54, 1.807) is 7.11 Å². The first-order valence-electron chi connectivity index (χ1n) is 13.1. The first-order chi connectivity index (χ1) is 17.1. The van der Waals surface area contributed by atoms with Crippen molar-refractivity contribution >= 4 is 20.4 Å². The lowest BCUT2D eigenvalue weighted by Crippen LogP contribution is -2.46. The van der Waals surface area contributed by atoms with E-state index in [9.17, 15) is 9.59 Å². The number of esters is 1. The minimum atomic E-state index is -2.08. The monoisotopic (exact) mass is 539 g/mol. The van der Waals surface area contributed by atoms with Gasteiger partial charge in [-0.05, 0) is 69.4 Å². The van der Waals surface area contributed by atoms with E-state index in [4.69, 9.17) is 23.4 Å². The van der Waals surface area contributed by atoms with Crippen molar-refractivity contribution in [2.24, 2.45) is 0 Å². The van der Waals surface area contributed by atoms with Crippen LogP contribution < -0.4 is 10.1 Å². The molecule has 0 radical (unpaired) electrons. The first-order valence-corrected chi connectivity index (χ1v) is 16.0. The van der Waals surface area contributed by atoms with Crippen LogP contribution in [0, 0.1) is 0 Å². The molecule has 0 aliphatic carbocycles. The van der Waals surface area contributed by atoms with E-state index in [2.05, 4.69) is 39.2 Å². The minimum Gasteiger partial charge on any atom is -0.497 e. The fourth-order valence-corrected chi connectivity index (χ4v) is 4.40. The van der Waals surface area contributed by atoms with Crippen LogP contribution in [0.25, 0.3) is 0 Å². The number of nitrogens with one attached hydrogen (secondary N) is 1. The highest BCUT2D eigenvalue weighted by atomic mass is 28.4. The molecule has 1 aromatic rings. The lowest BCUT2D eigenvalue weighted by atomic mass is 10.2. The number of ether oxygens (including phenoxy) is 4. The molecule has 8 nitrogen and oxygen atoms in total. The maximum absolute atomic E-state index is 12.4. The van der Waals surface area contributed by atoms with Crippen molar-refractivity contribution in [1.82, 2.24) is 5.32 Å². The third-order valence-corrected chi connectivity index (χ3v) is 10.7. The van der Waals surface area contributed by atoms with E-state index in [1.165, 1.54) is 0 Å². The molecule has 0 saturated heterocycles. The first kappa shape index (κ1) is 32.9. The molecule has 0 aliphatic rings. The lowest BCUT2D eigenvalue weighted by Gasteiger charge is -2.39. The highest BCUT2D eigenvalue weighted by molar-refractivity contribution is 6.74. The molecule has 0 saturated carbocycles. The highest BCUT2D eigenvalue weighted by Crippen LogP contribution is 2.37. The van der Waals surface area contributed by atoms with Crippen LogP contribution in [0.3, 0.4) is 0 Å². The molecule has 0 unspecified atom stereocenters. The zero-order chi connectivity index (χ0) is 28.1. The van der Waals surface area contributed by atoms with Crippen LogP contribution in [0.5, 0.6) is 5.75 Å². The van der Waals surface area contributed by atoms with Crippen LogP contribution in [0.15, 0.2) is 24.3 Å². The maximum atomic E-state index is 12.4. The summed E-state index contributed by atoms with van der Waals surface area (Å²) in [5, 5.41) is 2.75. The smallest absolute Gasteiger partial charge is 0.407 e. The zero-order valence-corrected chi connectivity index (χ0v) is 25.4. The Balaban J connectivity index is 2.45. The van der Waals surface area contributed by atoms with E-state index < -0.39 is 20.0 Å². The van der Waals surface area contributed by atoms with Gasteiger partial charge >= 0.3 is 12.1 Å². The van der Waals surface area contributed by atoms with Gasteiger partial charge in [-0.3, -0.25) is 4.79 Å². The molecule has 1 atom stereocenters. The summed E-state index contributed by atoms with van der Waals surface area (Å²) in [5.74, 6) is 0.549. The second kappa shape index (κ2) is 15.3. The molecule has 37 heavy (non-hydrogen) atoms. The zero-order valence-electron chi connectivity index (χ0n) is 24.4. The number of methoxy groups -OCH3 is 1. The average Bonchev–Trinajstić information content (AvgIpc) is 2.78. The molecule has 0 spiro atoms. The van der Waals surface area contributed by atoms with Crippen molar-refractivity contribution in [3.05, 3.63) is 29.8 Å². The molecular weight excluding hydrogens is 490 g/mol. The quantitative estimate of drug-likeness (QED) is 0.160. The van der Waals surface area contributed by atoms with Crippen LogP contribution in [-0.4, -0.2) is 59.0 Å². The maximum Gasteiger partial charge on any atom is 0.407 e. The van der Waals surface area contributed by atoms with E-state index >= 15 is 0 Å². The predicted octanol–water partition coefficient (Wildman–Crippen LogP) is 6.23. The number of hydrogen-bond acceptors (Lipinski definition) is 7. The van der Waals surface area contributed by atoms with Crippen molar-refractivity contribution in [3.63, 3.8) is 0 Å². The standard InChI is InChI=1S/C28H49NO7Si/c1-27(2,3)35-26(31)29-18-12-10-11-13-25(30)34-21-24(36-37(8,9)28(4,5)6)20-33-19-22-14-16-23(32-7)17-15-22/h14-17,24H,10-13,18-21H2,1-9H3,(H,29,31)/t24-/m0/s1. The Kier molecular flexibility index (Phi) is 13.7. The van der Waals surface area contributed by atoms with E-state index in [-0.39, 0.29) is 23.7 Å². The van der Waals surface area contributed by atoms with Gasteiger partial charge < -0.3 is 28.7 Å². The van der Waals surface area contributed by atoms with Gasteiger partial charge in [-0.25, -0.2) is 4.79 Å². The average molecular weight is 540 g/mol. The van der Waals surface area contributed by atoms with Gasteiger partial charge in [0, 0.05) is 13.0 Å². The predicted molar refractivity (Wildman–Crippen MR) is 148 cm³/mol. The highest BCUT2D eigenvalue weighted by Gasteiger charge is 2.39. The molecule has 0 bridgehead atoms. The van der Waals surface area contributed by atoms with E-state index in [0.717, 1.165) is 24.2 Å². The Labute approximate surface area is 224 Å². The van der Waals surface area contributed by atoms with Crippen molar-refractivity contribution in [2.75, 3.05) is 26.9 Å². The Morgan fingerprint density at radius 2 is 1.59 bits per heavy atom. The summed E-state index contributed by atoms with van der Waals surface area (Å²) in [6, 6.07) is 7.73. The third-order valence-electron chi connectivity index (χ3n) is 6.16. The van der Waals surface area contributed by atoms with Crippen molar-refractivity contribution < 1.29 is 33.0 Å². The molecule has 1 rings (SSSR count). The molecule has 212 valence electrons. The minimum absolute atomic E-state index is 0.0264. The number of benzene rings is 1. The summed E-state index contributed by atoms with van der Waals surface area (Å²) < 4.78 is 28.4. The van der Waals surface area contributed by atoms with Gasteiger partial charge in [0.2, 0.25) is 0 Å². The number of carbonyl (C=O) groups excluding carboxylic acids is 2. The molecule has 0 aromatic heterocycles. The second-order valence-corrected chi connectivity index (χ2v) is 16.5. The Morgan fingerprint density at radius 1 is 0.946 bits per heavy atom. The van der Waals surface area contributed by atoms with Crippen LogP contribution in [0.4, 0.5) is 4.79 Å². The summed E-state index contributed by atoms with van der Waals surface area (Å²) in [7, 11) is -0.441. The SMILES string of the molecule is COc1ccc(COC[C@@H](COC(=O)CCCCCNC(=O)OC(C)(C)C)O[Si](C)(C)C(C)(C)C)cc1. The fraction of sp³-hybridized carbons (Fsp3) is 0.714. The molecular formula is C28H49NO7Si. The largest absolute Gasteiger partial charge is 0.497 e. The summed E-state index contributed by atoms with van der Waals surface area (Å²) in [5.41, 5.74) is 0.519. The van der Waals surface area contributed by atoms with Crippen LogP contribution in [0.2, 0.25) is 18.1 Å². The van der Waals surface area contributed by atoms with Crippen molar-refractivity contribution in [1.29, 1.82) is 0 Å². The number of carbonyl (C=O) groups is 2.